The van der Waals surface area contributed by atoms with Crippen LogP contribution in [-0.4, -0.2) is 13.0 Å². The predicted molar refractivity (Wildman–Crippen MR) is 117 cm³/mol. The molecule has 0 aromatic heterocycles. The first-order valence-corrected chi connectivity index (χ1v) is 12.4. The van der Waals surface area contributed by atoms with E-state index in [1.807, 2.05) is 30.3 Å². The smallest absolute Gasteiger partial charge is 0.744 e. The number of aryl methyl sites for hydroxylation is 1. The van der Waals surface area contributed by atoms with Crippen molar-refractivity contribution < 1.29 is 64.4 Å². The molecule has 0 fully saturated rings. The summed E-state index contributed by atoms with van der Waals surface area (Å²) in [7, 11) is -4.44. The fraction of sp³-hybridized carbons (Fsp3) is 0.583. The molecule has 0 atom stereocenters. The number of hydrogen-bond acceptors (Lipinski definition) is 3. The van der Waals surface area contributed by atoms with E-state index in [9.17, 15) is 13.0 Å². The van der Waals surface area contributed by atoms with Crippen molar-refractivity contribution >= 4 is 20.9 Å². The van der Waals surface area contributed by atoms with Gasteiger partial charge in [-0.2, -0.15) is 0 Å². The Morgan fingerprint density at radius 3 is 1.66 bits per heavy atom. The molecule has 0 aliphatic carbocycles. The maximum absolute atomic E-state index is 11.7. The summed E-state index contributed by atoms with van der Waals surface area (Å²) in [5, 5.41) is 1.79. The third kappa shape index (κ3) is 10.4. The molecule has 5 heteroatoms. The van der Waals surface area contributed by atoms with Gasteiger partial charge in [0.1, 0.15) is 10.1 Å². The van der Waals surface area contributed by atoms with Crippen LogP contribution >= 0.6 is 0 Å². The summed E-state index contributed by atoms with van der Waals surface area (Å²) in [6.07, 6.45) is 15.9. The molecule has 0 spiro atoms. The zero-order chi connectivity index (χ0) is 20.2. The van der Waals surface area contributed by atoms with Crippen LogP contribution in [0.3, 0.4) is 0 Å². The molecule has 0 unspecified atom stereocenters. The van der Waals surface area contributed by atoms with Gasteiger partial charge in [-0.15, -0.1) is 0 Å². The summed E-state index contributed by atoms with van der Waals surface area (Å²) in [5.74, 6) is 0. The minimum atomic E-state index is -4.44. The van der Waals surface area contributed by atoms with Crippen molar-refractivity contribution in [2.45, 2.75) is 95.3 Å². The average molecular weight is 443 g/mol. The summed E-state index contributed by atoms with van der Waals surface area (Å²) >= 11 is 0. The molecule has 156 valence electrons. The molecule has 0 saturated carbocycles. The topological polar surface area (TPSA) is 57.2 Å². The first kappa shape index (κ1) is 27.3. The molecule has 0 saturated heterocycles. The summed E-state index contributed by atoms with van der Waals surface area (Å²) in [6, 6.07) is 11.0. The monoisotopic (exact) mass is 442 g/mol. The Bertz CT molecular complexity index is 818. The number of unbranched alkanes of at least 4 members (excludes halogenated alkanes) is 11. The van der Waals surface area contributed by atoms with Gasteiger partial charge < -0.3 is 4.55 Å². The molecule has 2 aromatic rings. The van der Waals surface area contributed by atoms with Gasteiger partial charge in [-0.1, -0.05) is 102 Å². The van der Waals surface area contributed by atoms with E-state index in [2.05, 4.69) is 6.92 Å². The zero-order valence-electron chi connectivity index (χ0n) is 18.3. The van der Waals surface area contributed by atoms with Gasteiger partial charge in [0.2, 0.25) is 0 Å². The van der Waals surface area contributed by atoms with Crippen LogP contribution in [0.15, 0.2) is 41.3 Å². The Kier molecular flexibility index (Phi) is 14.2. The van der Waals surface area contributed by atoms with Gasteiger partial charge in [0.15, 0.2) is 0 Å². The normalized spacial score (nSPS) is 11.5. The Balaban J connectivity index is 0.00000420. The van der Waals surface area contributed by atoms with Crippen LogP contribution in [0.4, 0.5) is 0 Å². The molecule has 2 rings (SSSR count). The molecule has 0 amide bonds. The summed E-state index contributed by atoms with van der Waals surface area (Å²) < 4.78 is 35.0. The molecule has 2 aromatic carbocycles. The van der Waals surface area contributed by atoms with Crippen molar-refractivity contribution in [3.05, 3.63) is 42.0 Å². The zero-order valence-corrected chi connectivity index (χ0v) is 22.2. The molecule has 29 heavy (non-hydrogen) atoms. The van der Waals surface area contributed by atoms with E-state index in [1.165, 1.54) is 70.3 Å². The Labute approximate surface area is 220 Å². The molecule has 0 bridgehead atoms. The molecule has 0 aliphatic heterocycles. The number of rotatable bonds is 14. The van der Waals surface area contributed by atoms with Crippen LogP contribution in [0.5, 0.6) is 0 Å². The fourth-order valence-corrected chi connectivity index (χ4v) is 4.60. The standard InChI is InChI=1S/C24H36O3S.K/c1-2-3-4-5-6-7-8-9-10-11-12-13-18-23-19-21-16-14-15-17-22(21)20-24(23)28(25,26)27;/h14-17,19-20H,2-13,18H2,1H3,(H,25,26,27);/q;+1/p-1. The molecule has 3 nitrogen and oxygen atoms in total. The maximum Gasteiger partial charge on any atom is 1.00 e. The van der Waals surface area contributed by atoms with E-state index in [0.717, 1.165) is 23.6 Å². The minimum Gasteiger partial charge on any atom is -0.744 e. The van der Waals surface area contributed by atoms with Crippen LogP contribution in [-0.2, 0) is 16.5 Å². The van der Waals surface area contributed by atoms with Crippen molar-refractivity contribution in [1.29, 1.82) is 0 Å². The van der Waals surface area contributed by atoms with Crippen molar-refractivity contribution in [1.82, 2.24) is 0 Å². The maximum atomic E-state index is 11.7. The predicted octanol–water partition coefficient (Wildman–Crippen LogP) is 3.99. The summed E-state index contributed by atoms with van der Waals surface area (Å²) in [4.78, 5) is -0.0470. The number of fused-ring (bicyclic) bond motifs is 1. The molecule has 0 aliphatic rings. The molecule has 0 radical (unpaired) electrons. The van der Waals surface area contributed by atoms with E-state index in [-0.39, 0.29) is 56.3 Å². The van der Waals surface area contributed by atoms with Gasteiger partial charge in [-0.25, -0.2) is 8.42 Å². The fourth-order valence-electron chi connectivity index (χ4n) is 3.85. The Morgan fingerprint density at radius 1 is 0.724 bits per heavy atom. The molecular formula is C24H35KO3S. The SMILES string of the molecule is CCCCCCCCCCCCCCc1cc2ccccc2cc1S(=O)(=O)[O-].[K+]. The van der Waals surface area contributed by atoms with Crippen LogP contribution < -0.4 is 51.4 Å². The first-order valence-electron chi connectivity index (χ1n) is 11.0. The van der Waals surface area contributed by atoms with Gasteiger partial charge >= 0.3 is 51.4 Å². The Morgan fingerprint density at radius 2 is 1.17 bits per heavy atom. The second kappa shape index (κ2) is 15.1. The molecular weight excluding hydrogens is 407 g/mol. The van der Waals surface area contributed by atoms with Crippen molar-refractivity contribution in [3.8, 4) is 0 Å². The third-order valence-electron chi connectivity index (χ3n) is 5.50. The summed E-state index contributed by atoms with van der Waals surface area (Å²) in [5.41, 5.74) is 0.667. The van der Waals surface area contributed by atoms with Crippen LogP contribution in [0, 0.1) is 0 Å². The van der Waals surface area contributed by atoms with Gasteiger partial charge in [-0.3, -0.25) is 0 Å². The number of benzene rings is 2. The average Bonchev–Trinajstić information content (AvgIpc) is 2.67. The molecule has 0 N–H and O–H groups in total. The van der Waals surface area contributed by atoms with E-state index in [4.69, 9.17) is 0 Å². The number of hydrogen-bond donors (Lipinski definition) is 0. The van der Waals surface area contributed by atoms with Crippen molar-refractivity contribution in [3.63, 3.8) is 0 Å². The van der Waals surface area contributed by atoms with E-state index in [1.54, 1.807) is 0 Å². The van der Waals surface area contributed by atoms with Gasteiger partial charge in [0.05, 0.1) is 4.90 Å². The second-order valence-electron chi connectivity index (χ2n) is 7.90. The van der Waals surface area contributed by atoms with Gasteiger partial charge in [-0.05, 0) is 41.3 Å². The first-order chi connectivity index (χ1) is 13.5. The third-order valence-corrected chi connectivity index (χ3v) is 6.42. The second-order valence-corrected chi connectivity index (χ2v) is 9.25. The van der Waals surface area contributed by atoms with Crippen molar-refractivity contribution in [2.24, 2.45) is 0 Å². The van der Waals surface area contributed by atoms with E-state index < -0.39 is 10.1 Å². The van der Waals surface area contributed by atoms with Crippen LogP contribution in [0.2, 0.25) is 0 Å². The minimum absolute atomic E-state index is 0. The molecule has 0 heterocycles. The van der Waals surface area contributed by atoms with Crippen LogP contribution in [0.1, 0.15) is 89.5 Å². The van der Waals surface area contributed by atoms with E-state index >= 15 is 0 Å². The van der Waals surface area contributed by atoms with E-state index in [0.29, 0.717) is 12.0 Å². The van der Waals surface area contributed by atoms with Gasteiger partial charge in [0, 0.05) is 0 Å². The van der Waals surface area contributed by atoms with Gasteiger partial charge in [0.25, 0.3) is 0 Å². The summed E-state index contributed by atoms with van der Waals surface area (Å²) in [6.45, 7) is 2.25. The van der Waals surface area contributed by atoms with Crippen LogP contribution in [0.25, 0.3) is 10.8 Å². The van der Waals surface area contributed by atoms with Crippen molar-refractivity contribution in [2.75, 3.05) is 0 Å². The quantitative estimate of drug-likeness (QED) is 0.252. The largest absolute Gasteiger partial charge is 1.00 e. The Hall–Kier alpha value is 0.246.